The zero-order valence-corrected chi connectivity index (χ0v) is 15.6. The second-order valence-electron chi connectivity index (χ2n) is 6.02. The zero-order chi connectivity index (χ0) is 17.6. The van der Waals surface area contributed by atoms with Gasteiger partial charge in [0.1, 0.15) is 0 Å². The number of aryl methyl sites for hydroxylation is 1. The maximum atomic E-state index is 12.4. The SMILES string of the molecule is CC(CCc1ccc(Br)cc1)NC(=O)c1ccn(-c2ccccc2)n1. The highest BCUT2D eigenvalue weighted by atomic mass is 79.9. The number of benzene rings is 2. The molecule has 1 atom stereocenters. The van der Waals surface area contributed by atoms with Crippen LogP contribution >= 0.6 is 15.9 Å². The number of carbonyl (C=O) groups is 1. The maximum Gasteiger partial charge on any atom is 0.271 e. The van der Waals surface area contributed by atoms with E-state index in [1.165, 1.54) is 5.56 Å². The van der Waals surface area contributed by atoms with Crippen molar-refractivity contribution in [3.05, 3.63) is 82.6 Å². The molecule has 1 amide bonds. The van der Waals surface area contributed by atoms with Crippen LogP contribution < -0.4 is 5.32 Å². The van der Waals surface area contributed by atoms with Crippen molar-refractivity contribution in [2.24, 2.45) is 0 Å². The molecule has 0 spiro atoms. The van der Waals surface area contributed by atoms with Crippen molar-refractivity contribution in [1.82, 2.24) is 15.1 Å². The Kier molecular flexibility index (Phi) is 5.66. The van der Waals surface area contributed by atoms with Gasteiger partial charge in [-0.15, -0.1) is 0 Å². The summed E-state index contributed by atoms with van der Waals surface area (Å²) in [5.41, 5.74) is 2.63. The number of nitrogens with zero attached hydrogens (tertiary/aromatic N) is 2. The average Bonchev–Trinajstić information content (AvgIpc) is 3.12. The molecule has 3 rings (SSSR count). The summed E-state index contributed by atoms with van der Waals surface area (Å²) in [6.45, 7) is 2.02. The van der Waals surface area contributed by atoms with Crippen molar-refractivity contribution < 1.29 is 4.79 Å². The third-order valence-corrected chi connectivity index (χ3v) is 4.53. The van der Waals surface area contributed by atoms with Gasteiger partial charge in [-0.05, 0) is 55.7 Å². The number of hydrogen-bond acceptors (Lipinski definition) is 2. The number of nitrogens with one attached hydrogen (secondary N) is 1. The normalized spacial score (nSPS) is 11.9. The van der Waals surface area contributed by atoms with Gasteiger partial charge in [0.25, 0.3) is 5.91 Å². The Bertz CT molecular complexity index is 828. The molecule has 0 saturated heterocycles. The van der Waals surface area contributed by atoms with Crippen LogP contribution in [0.25, 0.3) is 5.69 Å². The van der Waals surface area contributed by atoms with E-state index in [1.807, 2.05) is 49.4 Å². The third kappa shape index (κ3) is 4.79. The van der Waals surface area contributed by atoms with Crippen LogP contribution in [0.5, 0.6) is 0 Å². The summed E-state index contributed by atoms with van der Waals surface area (Å²) in [5, 5.41) is 7.38. The minimum Gasteiger partial charge on any atom is -0.348 e. The minimum absolute atomic E-state index is 0.0815. The van der Waals surface area contributed by atoms with Crippen molar-refractivity contribution in [3.63, 3.8) is 0 Å². The predicted octanol–water partition coefficient (Wildman–Crippen LogP) is 4.39. The lowest BCUT2D eigenvalue weighted by molar-refractivity contribution is 0.0933. The Morgan fingerprint density at radius 3 is 2.56 bits per heavy atom. The standard InChI is InChI=1S/C20H20BrN3O/c1-15(7-8-16-9-11-17(21)12-10-16)22-20(25)19-13-14-24(23-19)18-5-3-2-4-6-18/h2-6,9-15H,7-8H2,1H3,(H,22,25). The van der Waals surface area contributed by atoms with Crippen LogP contribution in [-0.4, -0.2) is 21.7 Å². The number of rotatable bonds is 6. The first kappa shape index (κ1) is 17.4. The zero-order valence-electron chi connectivity index (χ0n) is 14.0. The number of aromatic nitrogens is 2. The highest BCUT2D eigenvalue weighted by molar-refractivity contribution is 9.10. The second kappa shape index (κ2) is 8.12. The van der Waals surface area contributed by atoms with Gasteiger partial charge in [0.05, 0.1) is 5.69 Å². The largest absolute Gasteiger partial charge is 0.348 e. The van der Waals surface area contributed by atoms with Gasteiger partial charge >= 0.3 is 0 Å². The van der Waals surface area contributed by atoms with E-state index in [2.05, 4.69) is 38.5 Å². The Hall–Kier alpha value is -2.40. The van der Waals surface area contributed by atoms with Gasteiger partial charge in [0.2, 0.25) is 0 Å². The van der Waals surface area contributed by atoms with Crippen LogP contribution in [-0.2, 0) is 6.42 Å². The van der Waals surface area contributed by atoms with Crippen molar-refractivity contribution >= 4 is 21.8 Å². The fraction of sp³-hybridized carbons (Fsp3) is 0.200. The van der Waals surface area contributed by atoms with E-state index in [0.29, 0.717) is 5.69 Å². The molecule has 4 nitrogen and oxygen atoms in total. The molecular weight excluding hydrogens is 378 g/mol. The van der Waals surface area contributed by atoms with Crippen LogP contribution in [0.1, 0.15) is 29.4 Å². The van der Waals surface area contributed by atoms with E-state index in [-0.39, 0.29) is 11.9 Å². The second-order valence-corrected chi connectivity index (χ2v) is 6.94. The van der Waals surface area contributed by atoms with Gasteiger partial charge in [0, 0.05) is 16.7 Å². The number of halogens is 1. The van der Waals surface area contributed by atoms with Crippen LogP contribution in [0.15, 0.2) is 71.3 Å². The molecule has 2 aromatic carbocycles. The summed E-state index contributed by atoms with van der Waals surface area (Å²) < 4.78 is 2.79. The van der Waals surface area contributed by atoms with Crippen molar-refractivity contribution in [1.29, 1.82) is 0 Å². The first-order valence-electron chi connectivity index (χ1n) is 8.28. The molecule has 3 aromatic rings. The lowest BCUT2D eigenvalue weighted by Crippen LogP contribution is -2.33. The Morgan fingerprint density at radius 2 is 1.84 bits per heavy atom. The van der Waals surface area contributed by atoms with Gasteiger partial charge in [-0.1, -0.05) is 46.3 Å². The Balaban J connectivity index is 1.55. The van der Waals surface area contributed by atoms with Crippen LogP contribution in [0.2, 0.25) is 0 Å². The van der Waals surface area contributed by atoms with Crippen molar-refractivity contribution in [3.8, 4) is 5.69 Å². The lowest BCUT2D eigenvalue weighted by atomic mass is 10.1. The fourth-order valence-corrected chi connectivity index (χ4v) is 2.84. The monoisotopic (exact) mass is 397 g/mol. The highest BCUT2D eigenvalue weighted by Crippen LogP contribution is 2.13. The van der Waals surface area contributed by atoms with E-state index in [4.69, 9.17) is 0 Å². The van der Waals surface area contributed by atoms with E-state index >= 15 is 0 Å². The molecule has 1 unspecified atom stereocenters. The van der Waals surface area contributed by atoms with Gasteiger partial charge in [-0.3, -0.25) is 4.79 Å². The molecule has 1 N–H and O–H groups in total. The predicted molar refractivity (Wildman–Crippen MR) is 103 cm³/mol. The average molecular weight is 398 g/mol. The summed E-state index contributed by atoms with van der Waals surface area (Å²) >= 11 is 3.44. The van der Waals surface area contributed by atoms with E-state index in [0.717, 1.165) is 23.0 Å². The number of para-hydroxylation sites is 1. The smallest absolute Gasteiger partial charge is 0.271 e. The first-order chi connectivity index (χ1) is 12.1. The molecule has 1 heterocycles. The topological polar surface area (TPSA) is 46.9 Å². The van der Waals surface area contributed by atoms with Gasteiger partial charge in [0.15, 0.2) is 5.69 Å². The summed E-state index contributed by atoms with van der Waals surface area (Å²) in [5.74, 6) is -0.141. The van der Waals surface area contributed by atoms with Crippen LogP contribution in [0.4, 0.5) is 0 Å². The number of amides is 1. The molecule has 5 heteroatoms. The molecule has 0 fully saturated rings. The van der Waals surface area contributed by atoms with Crippen LogP contribution in [0.3, 0.4) is 0 Å². The Labute approximate surface area is 156 Å². The summed E-state index contributed by atoms with van der Waals surface area (Å²) in [6.07, 6.45) is 3.61. The molecule has 0 aliphatic rings. The summed E-state index contributed by atoms with van der Waals surface area (Å²) in [4.78, 5) is 12.4. The lowest BCUT2D eigenvalue weighted by Gasteiger charge is -2.13. The molecule has 25 heavy (non-hydrogen) atoms. The fourth-order valence-electron chi connectivity index (χ4n) is 2.57. The highest BCUT2D eigenvalue weighted by Gasteiger charge is 2.13. The van der Waals surface area contributed by atoms with Gasteiger partial charge in [-0.2, -0.15) is 5.10 Å². The summed E-state index contributed by atoms with van der Waals surface area (Å²) in [7, 11) is 0. The molecule has 128 valence electrons. The number of hydrogen-bond donors (Lipinski definition) is 1. The first-order valence-corrected chi connectivity index (χ1v) is 9.07. The van der Waals surface area contributed by atoms with Crippen molar-refractivity contribution in [2.75, 3.05) is 0 Å². The van der Waals surface area contributed by atoms with Crippen LogP contribution in [0, 0.1) is 0 Å². The van der Waals surface area contributed by atoms with Gasteiger partial charge < -0.3 is 5.32 Å². The van der Waals surface area contributed by atoms with E-state index in [1.54, 1.807) is 16.9 Å². The van der Waals surface area contributed by atoms with Crippen molar-refractivity contribution in [2.45, 2.75) is 25.8 Å². The third-order valence-electron chi connectivity index (χ3n) is 4.00. The molecule has 1 aromatic heterocycles. The maximum absolute atomic E-state index is 12.4. The van der Waals surface area contributed by atoms with Gasteiger partial charge in [-0.25, -0.2) is 4.68 Å². The Morgan fingerprint density at radius 1 is 1.12 bits per heavy atom. The molecule has 0 radical (unpaired) electrons. The molecule has 0 saturated carbocycles. The quantitative estimate of drug-likeness (QED) is 0.670. The number of carbonyl (C=O) groups excluding carboxylic acids is 1. The molecule has 0 aliphatic carbocycles. The molecule has 0 bridgehead atoms. The summed E-state index contributed by atoms with van der Waals surface area (Å²) in [6, 6.07) is 19.8. The van der Waals surface area contributed by atoms with E-state index < -0.39 is 0 Å². The molecular formula is C20H20BrN3O. The molecule has 0 aliphatic heterocycles. The minimum atomic E-state index is -0.141. The van der Waals surface area contributed by atoms with E-state index in [9.17, 15) is 4.79 Å².